The second-order valence-electron chi connectivity index (χ2n) is 5.40. The van der Waals surface area contributed by atoms with Crippen LogP contribution in [0.1, 0.15) is 51.3 Å². The molecule has 0 fully saturated rings. The molecule has 108 valence electrons. The van der Waals surface area contributed by atoms with Gasteiger partial charge in [-0.25, -0.2) is 0 Å². The summed E-state index contributed by atoms with van der Waals surface area (Å²) in [5, 5.41) is 4.82. The molecule has 2 rings (SSSR count). The molecular formula is C18H26N2. The van der Waals surface area contributed by atoms with Crippen molar-refractivity contribution >= 4 is 16.6 Å². The Morgan fingerprint density at radius 1 is 1.05 bits per heavy atom. The quantitative estimate of drug-likeness (QED) is 0.769. The van der Waals surface area contributed by atoms with Crippen molar-refractivity contribution in [2.24, 2.45) is 0 Å². The molecule has 0 aliphatic heterocycles. The lowest BCUT2D eigenvalue weighted by molar-refractivity contribution is 0.796. The van der Waals surface area contributed by atoms with Crippen LogP contribution in [0.4, 0.5) is 5.69 Å². The summed E-state index contributed by atoms with van der Waals surface area (Å²) in [4.78, 5) is 4.74. The molecule has 0 aliphatic carbocycles. The first-order valence-corrected chi connectivity index (χ1v) is 7.94. The average Bonchev–Trinajstić information content (AvgIpc) is 2.50. The minimum atomic E-state index is 0.980. The maximum absolute atomic E-state index is 4.74. The first kappa shape index (κ1) is 14.8. The third-order valence-electron chi connectivity index (χ3n) is 3.67. The van der Waals surface area contributed by atoms with Gasteiger partial charge < -0.3 is 5.32 Å². The van der Waals surface area contributed by atoms with Gasteiger partial charge in [0, 0.05) is 23.3 Å². The van der Waals surface area contributed by atoms with Gasteiger partial charge in [-0.2, -0.15) is 0 Å². The molecule has 2 nitrogen and oxygen atoms in total. The van der Waals surface area contributed by atoms with Gasteiger partial charge in [-0.3, -0.25) is 4.98 Å². The van der Waals surface area contributed by atoms with Gasteiger partial charge in [-0.05, 0) is 49.4 Å². The van der Waals surface area contributed by atoms with Crippen LogP contribution in [0.25, 0.3) is 10.9 Å². The maximum atomic E-state index is 4.74. The highest BCUT2D eigenvalue weighted by molar-refractivity contribution is 5.92. The van der Waals surface area contributed by atoms with Crippen molar-refractivity contribution in [1.29, 1.82) is 0 Å². The van der Waals surface area contributed by atoms with E-state index in [1.54, 1.807) is 0 Å². The number of hydrogen-bond donors (Lipinski definition) is 1. The predicted molar refractivity (Wildman–Crippen MR) is 88.5 cm³/mol. The van der Waals surface area contributed by atoms with Crippen molar-refractivity contribution in [3.8, 4) is 0 Å². The summed E-state index contributed by atoms with van der Waals surface area (Å²) in [7, 11) is 0. The average molecular weight is 270 g/mol. The molecule has 2 heteroatoms. The van der Waals surface area contributed by atoms with E-state index in [-0.39, 0.29) is 0 Å². The zero-order valence-corrected chi connectivity index (χ0v) is 13.0. The van der Waals surface area contributed by atoms with Gasteiger partial charge in [0.25, 0.3) is 0 Å². The Bertz CT molecular complexity index is 561. The summed E-state index contributed by atoms with van der Waals surface area (Å²) in [6.07, 6.45) is 5.78. The van der Waals surface area contributed by atoms with E-state index in [2.05, 4.69) is 50.4 Å². The number of benzene rings is 1. The molecule has 0 saturated carbocycles. The normalized spacial score (nSPS) is 10.9. The molecule has 1 N–H and O–H groups in total. The maximum Gasteiger partial charge on any atom is 0.0726 e. The molecule has 0 aliphatic rings. The zero-order chi connectivity index (χ0) is 14.4. The van der Waals surface area contributed by atoms with Crippen LogP contribution >= 0.6 is 0 Å². The van der Waals surface area contributed by atoms with Crippen molar-refractivity contribution in [2.45, 2.75) is 52.9 Å². The molecule has 0 bridgehead atoms. The molecule has 0 radical (unpaired) electrons. The van der Waals surface area contributed by atoms with E-state index in [4.69, 9.17) is 4.98 Å². The molecule has 0 spiro atoms. The van der Waals surface area contributed by atoms with Crippen molar-refractivity contribution < 1.29 is 0 Å². The molecular weight excluding hydrogens is 244 g/mol. The number of nitrogens with one attached hydrogen (secondary N) is 1. The van der Waals surface area contributed by atoms with Crippen LogP contribution in [0.15, 0.2) is 24.3 Å². The first-order valence-electron chi connectivity index (χ1n) is 7.94. The van der Waals surface area contributed by atoms with E-state index in [1.807, 2.05) is 0 Å². The molecule has 0 atom stereocenters. The Morgan fingerprint density at radius 2 is 1.90 bits per heavy atom. The topological polar surface area (TPSA) is 24.9 Å². The molecule has 0 saturated heterocycles. The van der Waals surface area contributed by atoms with E-state index in [0.717, 1.165) is 37.0 Å². The van der Waals surface area contributed by atoms with Crippen molar-refractivity contribution in [3.05, 3.63) is 35.5 Å². The summed E-state index contributed by atoms with van der Waals surface area (Å²) in [5.74, 6) is 0. The Morgan fingerprint density at radius 3 is 2.60 bits per heavy atom. The van der Waals surface area contributed by atoms with Gasteiger partial charge in [0.1, 0.15) is 0 Å². The SMILES string of the molecule is CCCCc1ccc2nc(CC)cc(NCCC)c2c1. The number of hydrogen-bond acceptors (Lipinski definition) is 2. The summed E-state index contributed by atoms with van der Waals surface area (Å²) in [6.45, 7) is 7.61. The molecule has 2 aromatic rings. The van der Waals surface area contributed by atoms with Gasteiger partial charge in [0.2, 0.25) is 0 Å². The van der Waals surface area contributed by atoms with Crippen molar-refractivity contribution in [1.82, 2.24) is 4.98 Å². The van der Waals surface area contributed by atoms with Crippen molar-refractivity contribution in [3.63, 3.8) is 0 Å². The van der Waals surface area contributed by atoms with Crippen LogP contribution in [-0.4, -0.2) is 11.5 Å². The van der Waals surface area contributed by atoms with E-state index >= 15 is 0 Å². The fourth-order valence-corrected chi connectivity index (χ4v) is 2.45. The number of aryl methyl sites for hydroxylation is 2. The lowest BCUT2D eigenvalue weighted by atomic mass is 10.0. The number of anilines is 1. The Labute approximate surface area is 122 Å². The first-order chi connectivity index (χ1) is 9.78. The Hall–Kier alpha value is -1.57. The minimum Gasteiger partial charge on any atom is -0.384 e. The summed E-state index contributed by atoms with van der Waals surface area (Å²) in [5.41, 5.74) is 4.94. The van der Waals surface area contributed by atoms with E-state index < -0.39 is 0 Å². The highest BCUT2D eigenvalue weighted by Gasteiger charge is 2.06. The van der Waals surface area contributed by atoms with Crippen LogP contribution in [0.2, 0.25) is 0 Å². The van der Waals surface area contributed by atoms with Gasteiger partial charge >= 0.3 is 0 Å². The smallest absolute Gasteiger partial charge is 0.0726 e. The highest BCUT2D eigenvalue weighted by atomic mass is 14.9. The van der Waals surface area contributed by atoms with Crippen LogP contribution in [0.5, 0.6) is 0 Å². The summed E-state index contributed by atoms with van der Waals surface area (Å²) < 4.78 is 0. The number of nitrogens with zero attached hydrogens (tertiary/aromatic N) is 1. The second kappa shape index (κ2) is 7.28. The van der Waals surface area contributed by atoms with Crippen LogP contribution in [0.3, 0.4) is 0 Å². The van der Waals surface area contributed by atoms with Crippen LogP contribution < -0.4 is 5.32 Å². The third-order valence-corrected chi connectivity index (χ3v) is 3.67. The number of rotatable bonds is 7. The molecule has 1 aromatic carbocycles. The lowest BCUT2D eigenvalue weighted by Gasteiger charge is -2.12. The highest BCUT2D eigenvalue weighted by Crippen LogP contribution is 2.25. The van der Waals surface area contributed by atoms with Gasteiger partial charge in [-0.15, -0.1) is 0 Å². The lowest BCUT2D eigenvalue weighted by Crippen LogP contribution is -2.02. The number of unbranched alkanes of at least 4 members (excludes halogenated alkanes) is 1. The van der Waals surface area contributed by atoms with Gasteiger partial charge in [0.15, 0.2) is 0 Å². The largest absolute Gasteiger partial charge is 0.384 e. The standard InChI is InChI=1S/C18H26N2/c1-4-7-8-14-9-10-17-16(12-14)18(19-11-5-2)13-15(6-3)20-17/h9-10,12-13H,4-8,11H2,1-3H3,(H,19,20). The van der Waals surface area contributed by atoms with Crippen molar-refractivity contribution in [2.75, 3.05) is 11.9 Å². The number of pyridine rings is 1. The van der Waals surface area contributed by atoms with E-state index in [0.29, 0.717) is 0 Å². The summed E-state index contributed by atoms with van der Waals surface area (Å²) >= 11 is 0. The fraction of sp³-hybridized carbons (Fsp3) is 0.500. The van der Waals surface area contributed by atoms with Crippen LogP contribution in [-0.2, 0) is 12.8 Å². The fourth-order valence-electron chi connectivity index (χ4n) is 2.45. The third kappa shape index (κ3) is 3.50. The van der Waals surface area contributed by atoms with Crippen LogP contribution in [0, 0.1) is 0 Å². The Balaban J connectivity index is 2.41. The minimum absolute atomic E-state index is 0.980. The summed E-state index contributed by atoms with van der Waals surface area (Å²) in [6, 6.07) is 8.93. The molecule has 0 amide bonds. The van der Waals surface area contributed by atoms with Gasteiger partial charge in [-0.1, -0.05) is 33.3 Å². The predicted octanol–water partition coefficient (Wildman–Crippen LogP) is 4.96. The second-order valence-corrected chi connectivity index (χ2v) is 5.40. The Kier molecular flexibility index (Phi) is 5.40. The monoisotopic (exact) mass is 270 g/mol. The van der Waals surface area contributed by atoms with E-state index in [9.17, 15) is 0 Å². The molecule has 1 heterocycles. The zero-order valence-electron chi connectivity index (χ0n) is 13.0. The number of fused-ring (bicyclic) bond motifs is 1. The molecule has 1 aromatic heterocycles. The molecule has 20 heavy (non-hydrogen) atoms. The van der Waals surface area contributed by atoms with E-state index in [1.165, 1.54) is 29.5 Å². The van der Waals surface area contributed by atoms with Gasteiger partial charge in [0.05, 0.1) is 5.52 Å². The molecule has 0 unspecified atom stereocenters. The number of aromatic nitrogens is 1.